The van der Waals surface area contributed by atoms with E-state index in [-0.39, 0.29) is 6.61 Å². The van der Waals surface area contributed by atoms with E-state index in [1.165, 1.54) is 25.7 Å². The molecule has 0 atom stereocenters. The molecule has 0 amide bonds. The maximum Gasteiger partial charge on any atom is 0.0681 e. The second-order valence-electron chi connectivity index (χ2n) is 3.69. The summed E-state index contributed by atoms with van der Waals surface area (Å²) in [6.45, 7) is 0.140. The lowest BCUT2D eigenvalue weighted by molar-refractivity contribution is 0.282. The fourth-order valence-corrected chi connectivity index (χ4v) is 1.54. The molecule has 1 aromatic carbocycles. The maximum absolute atomic E-state index is 8.54. The SMILES string of the molecule is NC1CCCC1.OCc1ccccc1. The van der Waals surface area contributed by atoms with Crippen molar-refractivity contribution in [1.29, 1.82) is 0 Å². The molecule has 2 rings (SSSR count). The topological polar surface area (TPSA) is 46.2 Å². The number of aliphatic hydroxyl groups is 1. The molecule has 78 valence electrons. The summed E-state index contributed by atoms with van der Waals surface area (Å²) in [5.74, 6) is 0. The third-order valence-electron chi connectivity index (χ3n) is 2.43. The van der Waals surface area contributed by atoms with Crippen LogP contribution in [0.5, 0.6) is 0 Å². The molecule has 2 nitrogen and oxygen atoms in total. The van der Waals surface area contributed by atoms with Crippen LogP contribution in [0.15, 0.2) is 30.3 Å². The Balaban J connectivity index is 0.000000146. The molecule has 0 radical (unpaired) electrons. The van der Waals surface area contributed by atoms with Gasteiger partial charge in [0.2, 0.25) is 0 Å². The zero-order chi connectivity index (χ0) is 10.2. The Hall–Kier alpha value is -0.860. The van der Waals surface area contributed by atoms with Crippen LogP contribution < -0.4 is 5.73 Å². The van der Waals surface area contributed by atoms with Crippen LogP contribution in [0.3, 0.4) is 0 Å². The molecule has 0 aliphatic heterocycles. The van der Waals surface area contributed by atoms with Crippen molar-refractivity contribution in [2.45, 2.75) is 38.3 Å². The Bertz CT molecular complexity index is 229. The van der Waals surface area contributed by atoms with E-state index in [1.807, 2.05) is 30.3 Å². The molecule has 2 heteroatoms. The lowest BCUT2D eigenvalue weighted by atomic mass is 10.2. The van der Waals surface area contributed by atoms with E-state index in [2.05, 4.69) is 0 Å². The molecular formula is C12H19NO. The quantitative estimate of drug-likeness (QED) is 0.717. The maximum atomic E-state index is 8.54. The van der Waals surface area contributed by atoms with Crippen LogP contribution in [-0.4, -0.2) is 11.1 Å². The molecule has 0 unspecified atom stereocenters. The van der Waals surface area contributed by atoms with E-state index in [0.717, 1.165) is 5.56 Å². The molecule has 1 saturated carbocycles. The fraction of sp³-hybridized carbons (Fsp3) is 0.500. The van der Waals surface area contributed by atoms with E-state index < -0.39 is 0 Å². The number of benzene rings is 1. The van der Waals surface area contributed by atoms with Gasteiger partial charge in [0.15, 0.2) is 0 Å². The van der Waals surface area contributed by atoms with Crippen molar-refractivity contribution < 1.29 is 5.11 Å². The summed E-state index contributed by atoms with van der Waals surface area (Å²) >= 11 is 0. The van der Waals surface area contributed by atoms with E-state index >= 15 is 0 Å². The molecule has 0 heterocycles. The molecule has 14 heavy (non-hydrogen) atoms. The average Bonchev–Trinajstić information content (AvgIpc) is 2.71. The van der Waals surface area contributed by atoms with Crippen LogP contribution in [0.2, 0.25) is 0 Å². The standard InChI is InChI=1S/C7H8O.C5H11N/c8-6-7-4-2-1-3-5-7;6-5-3-1-2-4-5/h1-5,8H,6H2;5H,1-4,6H2. The minimum Gasteiger partial charge on any atom is -0.392 e. The molecule has 0 saturated heterocycles. The predicted molar refractivity (Wildman–Crippen MR) is 58.8 cm³/mol. The summed E-state index contributed by atoms with van der Waals surface area (Å²) in [5, 5.41) is 8.54. The molecule has 1 aromatic rings. The summed E-state index contributed by atoms with van der Waals surface area (Å²) in [6, 6.07) is 10.1. The molecule has 0 spiro atoms. The number of rotatable bonds is 1. The normalized spacial score (nSPS) is 16.1. The smallest absolute Gasteiger partial charge is 0.0681 e. The molecule has 1 fully saturated rings. The predicted octanol–water partition coefficient (Wildman–Crippen LogP) is 2.07. The molecule has 1 aliphatic rings. The molecule has 1 aliphatic carbocycles. The van der Waals surface area contributed by atoms with E-state index in [1.54, 1.807) is 0 Å². The van der Waals surface area contributed by atoms with Gasteiger partial charge >= 0.3 is 0 Å². The first-order valence-corrected chi connectivity index (χ1v) is 5.23. The first-order chi connectivity index (χ1) is 6.83. The van der Waals surface area contributed by atoms with Crippen LogP contribution in [0, 0.1) is 0 Å². The van der Waals surface area contributed by atoms with Crippen molar-refractivity contribution in [3.63, 3.8) is 0 Å². The van der Waals surface area contributed by atoms with Crippen LogP contribution in [0.25, 0.3) is 0 Å². The van der Waals surface area contributed by atoms with Gasteiger partial charge in [0, 0.05) is 6.04 Å². The fourth-order valence-electron chi connectivity index (χ4n) is 1.54. The zero-order valence-electron chi connectivity index (χ0n) is 8.52. The lowest BCUT2D eigenvalue weighted by Crippen LogP contribution is -2.13. The highest BCUT2D eigenvalue weighted by Gasteiger charge is 2.07. The summed E-state index contributed by atoms with van der Waals surface area (Å²) in [4.78, 5) is 0. The van der Waals surface area contributed by atoms with Gasteiger partial charge < -0.3 is 10.8 Å². The summed E-state index contributed by atoms with van der Waals surface area (Å²) in [7, 11) is 0. The van der Waals surface area contributed by atoms with Gasteiger partial charge in [-0.15, -0.1) is 0 Å². The van der Waals surface area contributed by atoms with E-state index in [9.17, 15) is 0 Å². The molecular weight excluding hydrogens is 174 g/mol. The van der Waals surface area contributed by atoms with Crippen molar-refractivity contribution in [2.75, 3.05) is 0 Å². The van der Waals surface area contributed by atoms with Crippen molar-refractivity contribution in [1.82, 2.24) is 0 Å². The van der Waals surface area contributed by atoms with Gasteiger partial charge in [-0.25, -0.2) is 0 Å². The third kappa shape index (κ3) is 4.40. The average molecular weight is 193 g/mol. The van der Waals surface area contributed by atoms with Crippen LogP contribution in [0.1, 0.15) is 31.2 Å². The van der Waals surface area contributed by atoms with Crippen molar-refractivity contribution in [3.05, 3.63) is 35.9 Å². The second-order valence-corrected chi connectivity index (χ2v) is 3.69. The molecule has 3 N–H and O–H groups in total. The van der Waals surface area contributed by atoms with Gasteiger partial charge in [0.1, 0.15) is 0 Å². The van der Waals surface area contributed by atoms with Crippen molar-refractivity contribution in [3.8, 4) is 0 Å². The number of aliphatic hydroxyl groups excluding tert-OH is 1. The largest absolute Gasteiger partial charge is 0.392 e. The van der Waals surface area contributed by atoms with E-state index in [0.29, 0.717) is 6.04 Å². The second kappa shape index (κ2) is 6.57. The van der Waals surface area contributed by atoms with Gasteiger partial charge in [0.25, 0.3) is 0 Å². The van der Waals surface area contributed by atoms with Crippen molar-refractivity contribution >= 4 is 0 Å². The lowest BCUT2D eigenvalue weighted by Gasteiger charge is -1.92. The summed E-state index contributed by atoms with van der Waals surface area (Å²) in [6.07, 6.45) is 5.25. The highest BCUT2D eigenvalue weighted by Crippen LogP contribution is 2.14. The Morgan fingerprint density at radius 2 is 1.71 bits per heavy atom. The monoisotopic (exact) mass is 193 g/mol. The van der Waals surface area contributed by atoms with Crippen LogP contribution in [0.4, 0.5) is 0 Å². The first-order valence-electron chi connectivity index (χ1n) is 5.23. The minimum absolute atomic E-state index is 0.140. The van der Waals surface area contributed by atoms with Gasteiger partial charge in [-0.1, -0.05) is 43.2 Å². The first kappa shape index (κ1) is 11.2. The van der Waals surface area contributed by atoms with Gasteiger partial charge in [0.05, 0.1) is 6.61 Å². The Kier molecular flexibility index (Phi) is 5.27. The summed E-state index contributed by atoms with van der Waals surface area (Å²) < 4.78 is 0. The minimum atomic E-state index is 0.140. The van der Waals surface area contributed by atoms with Gasteiger partial charge in [-0.3, -0.25) is 0 Å². The Labute approximate surface area is 85.8 Å². The van der Waals surface area contributed by atoms with Crippen molar-refractivity contribution in [2.24, 2.45) is 5.73 Å². The van der Waals surface area contributed by atoms with Gasteiger partial charge in [-0.2, -0.15) is 0 Å². The van der Waals surface area contributed by atoms with Gasteiger partial charge in [-0.05, 0) is 18.4 Å². The van der Waals surface area contributed by atoms with E-state index in [4.69, 9.17) is 10.8 Å². The highest BCUT2D eigenvalue weighted by atomic mass is 16.3. The van der Waals surface area contributed by atoms with Crippen LogP contribution in [-0.2, 0) is 6.61 Å². The highest BCUT2D eigenvalue weighted by molar-refractivity contribution is 5.12. The Morgan fingerprint density at radius 3 is 2.00 bits per heavy atom. The number of nitrogens with two attached hydrogens (primary N) is 1. The van der Waals surface area contributed by atoms with Crippen LogP contribution >= 0.6 is 0 Å². The Morgan fingerprint density at radius 1 is 1.14 bits per heavy atom. The zero-order valence-corrected chi connectivity index (χ0v) is 8.52. The third-order valence-corrected chi connectivity index (χ3v) is 2.43. The number of hydrogen-bond acceptors (Lipinski definition) is 2. The number of hydrogen-bond donors (Lipinski definition) is 2. The molecule has 0 aromatic heterocycles. The summed E-state index contributed by atoms with van der Waals surface area (Å²) in [5.41, 5.74) is 6.50. The molecule has 0 bridgehead atoms.